The SMILES string of the molecule is CCCOc1cc(C(=O)NNC(=O)c2cc(OCCC)c(OCCC)c(OCCC)c2)cc(OCCC)c1OCCC. The molecule has 0 heterocycles. The van der Waals surface area contributed by atoms with Gasteiger partial charge in [-0.15, -0.1) is 0 Å². The first-order chi connectivity index (χ1) is 20.4. The number of hydrazine groups is 1. The minimum absolute atomic E-state index is 0.249. The molecule has 234 valence electrons. The second kappa shape index (κ2) is 19.3. The van der Waals surface area contributed by atoms with Crippen molar-refractivity contribution in [2.75, 3.05) is 39.6 Å². The molecule has 0 fully saturated rings. The van der Waals surface area contributed by atoms with Crippen molar-refractivity contribution < 1.29 is 38.0 Å². The van der Waals surface area contributed by atoms with Crippen LogP contribution in [0.15, 0.2) is 24.3 Å². The van der Waals surface area contributed by atoms with Gasteiger partial charge in [-0.1, -0.05) is 41.5 Å². The molecular weight excluding hydrogens is 540 g/mol. The number of ether oxygens (including phenoxy) is 6. The van der Waals surface area contributed by atoms with Crippen LogP contribution in [0.2, 0.25) is 0 Å². The van der Waals surface area contributed by atoms with Gasteiger partial charge < -0.3 is 28.4 Å². The molecule has 0 aliphatic rings. The Morgan fingerprint density at radius 2 is 0.690 bits per heavy atom. The summed E-state index contributed by atoms with van der Waals surface area (Å²) in [7, 11) is 0. The van der Waals surface area contributed by atoms with E-state index in [0.717, 1.165) is 38.5 Å². The summed E-state index contributed by atoms with van der Waals surface area (Å²) < 4.78 is 35.5. The van der Waals surface area contributed by atoms with Crippen molar-refractivity contribution in [3.8, 4) is 34.5 Å². The summed E-state index contributed by atoms with van der Waals surface area (Å²) in [5.74, 6) is 1.48. The molecule has 0 aromatic heterocycles. The molecule has 0 unspecified atom stereocenters. The number of carbonyl (C=O) groups is 2. The number of amides is 2. The van der Waals surface area contributed by atoms with Crippen LogP contribution in [-0.2, 0) is 0 Å². The van der Waals surface area contributed by atoms with Crippen LogP contribution in [0.3, 0.4) is 0 Å². The van der Waals surface area contributed by atoms with E-state index in [1.165, 1.54) is 0 Å². The predicted octanol–water partition coefficient (Wildman–Crippen LogP) is 6.49. The maximum absolute atomic E-state index is 13.2. The lowest BCUT2D eigenvalue weighted by Crippen LogP contribution is -2.41. The van der Waals surface area contributed by atoms with Crippen molar-refractivity contribution >= 4 is 11.8 Å². The van der Waals surface area contributed by atoms with E-state index >= 15 is 0 Å². The van der Waals surface area contributed by atoms with Gasteiger partial charge in [-0.3, -0.25) is 20.4 Å². The van der Waals surface area contributed by atoms with Crippen molar-refractivity contribution in [2.24, 2.45) is 0 Å². The first-order valence-corrected chi connectivity index (χ1v) is 15.2. The lowest BCUT2D eigenvalue weighted by molar-refractivity contribution is 0.0845. The molecule has 0 spiro atoms. The summed E-state index contributed by atoms with van der Waals surface area (Å²) in [6.07, 6.45) is 4.72. The highest BCUT2D eigenvalue weighted by Gasteiger charge is 2.21. The van der Waals surface area contributed by atoms with Gasteiger partial charge in [0.05, 0.1) is 39.6 Å². The average molecular weight is 589 g/mol. The summed E-state index contributed by atoms with van der Waals surface area (Å²) in [6.45, 7) is 14.7. The summed E-state index contributed by atoms with van der Waals surface area (Å²) >= 11 is 0. The first-order valence-electron chi connectivity index (χ1n) is 15.2. The second-order valence-corrected chi connectivity index (χ2v) is 9.60. The molecule has 0 radical (unpaired) electrons. The highest BCUT2D eigenvalue weighted by atomic mass is 16.5. The van der Waals surface area contributed by atoms with Crippen LogP contribution in [0, 0.1) is 0 Å². The Morgan fingerprint density at radius 3 is 0.929 bits per heavy atom. The average Bonchev–Trinajstić information content (AvgIpc) is 3.01. The molecule has 10 heteroatoms. The Bertz CT molecular complexity index is 976. The summed E-state index contributed by atoms with van der Waals surface area (Å²) in [4.78, 5) is 26.4. The van der Waals surface area contributed by atoms with E-state index < -0.39 is 11.8 Å². The Kier molecular flexibility index (Phi) is 15.8. The van der Waals surface area contributed by atoms with E-state index in [9.17, 15) is 9.59 Å². The van der Waals surface area contributed by atoms with Gasteiger partial charge in [-0.2, -0.15) is 0 Å². The fourth-order valence-electron chi connectivity index (χ4n) is 3.64. The minimum Gasteiger partial charge on any atom is -0.490 e. The zero-order chi connectivity index (χ0) is 30.7. The van der Waals surface area contributed by atoms with Crippen molar-refractivity contribution in [1.29, 1.82) is 0 Å². The molecule has 0 atom stereocenters. The lowest BCUT2D eigenvalue weighted by atomic mass is 10.1. The molecule has 0 aliphatic heterocycles. The van der Waals surface area contributed by atoms with Crippen LogP contribution in [0.4, 0.5) is 0 Å². The molecule has 2 N–H and O–H groups in total. The molecule has 0 bridgehead atoms. The molecule has 0 aliphatic carbocycles. The molecule has 2 amide bonds. The zero-order valence-electron chi connectivity index (χ0n) is 26.1. The van der Waals surface area contributed by atoms with Crippen LogP contribution < -0.4 is 39.3 Å². The third-order valence-corrected chi connectivity index (χ3v) is 5.60. The standard InChI is InChI=1S/C32H48N2O8/c1-7-13-37-25-19-23(20-26(38-14-8-2)29(25)41-17-11-5)31(35)33-34-32(36)24-21-27(39-15-9-3)30(42-18-12-6)28(22-24)40-16-10-4/h19-22H,7-18H2,1-6H3,(H,33,35)(H,34,36). The Labute approximate surface area is 250 Å². The highest BCUT2D eigenvalue weighted by molar-refractivity contribution is 6.00. The molecule has 0 saturated heterocycles. The topological polar surface area (TPSA) is 114 Å². The van der Waals surface area contributed by atoms with Crippen LogP contribution in [0.25, 0.3) is 0 Å². The molecular formula is C32H48N2O8. The first kappa shape index (κ1) is 34.4. The van der Waals surface area contributed by atoms with Crippen molar-refractivity contribution in [2.45, 2.75) is 80.1 Å². The Morgan fingerprint density at radius 1 is 0.452 bits per heavy atom. The largest absolute Gasteiger partial charge is 0.490 e. The van der Waals surface area contributed by atoms with Gasteiger partial charge in [0.15, 0.2) is 23.0 Å². The Balaban J connectivity index is 2.34. The Hall–Kier alpha value is -3.82. The molecule has 2 aromatic rings. The van der Waals surface area contributed by atoms with Crippen molar-refractivity contribution in [3.05, 3.63) is 35.4 Å². The number of carbonyl (C=O) groups excluding carboxylic acids is 2. The van der Waals surface area contributed by atoms with Crippen LogP contribution in [-0.4, -0.2) is 51.5 Å². The number of nitrogens with one attached hydrogen (secondary N) is 2. The quantitative estimate of drug-likeness (QED) is 0.169. The number of benzene rings is 2. The fourth-order valence-corrected chi connectivity index (χ4v) is 3.64. The predicted molar refractivity (Wildman–Crippen MR) is 163 cm³/mol. The zero-order valence-corrected chi connectivity index (χ0v) is 26.1. The second-order valence-electron chi connectivity index (χ2n) is 9.60. The van der Waals surface area contributed by atoms with Gasteiger partial charge >= 0.3 is 0 Å². The summed E-state index contributed by atoms with van der Waals surface area (Å²) in [6, 6.07) is 6.37. The van der Waals surface area contributed by atoms with Crippen LogP contribution >= 0.6 is 0 Å². The third kappa shape index (κ3) is 10.5. The van der Waals surface area contributed by atoms with Crippen molar-refractivity contribution in [1.82, 2.24) is 10.9 Å². The number of rotatable bonds is 20. The fraction of sp³-hybridized carbons (Fsp3) is 0.562. The van der Waals surface area contributed by atoms with E-state index in [1.54, 1.807) is 24.3 Å². The number of hydrogen-bond donors (Lipinski definition) is 2. The smallest absolute Gasteiger partial charge is 0.269 e. The van der Waals surface area contributed by atoms with Crippen LogP contribution in [0.1, 0.15) is 101 Å². The highest BCUT2D eigenvalue weighted by Crippen LogP contribution is 2.40. The third-order valence-electron chi connectivity index (χ3n) is 5.60. The van der Waals surface area contributed by atoms with E-state index in [1.807, 2.05) is 41.5 Å². The van der Waals surface area contributed by atoms with E-state index in [4.69, 9.17) is 28.4 Å². The summed E-state index contributed by atoms with van der Waals surface area (Å²) in [5, 5.41) is 0. The summed E-state index contributed by atoms with van der Waals surface area (Å²) in [5.41, 5.74) is 5.49. The van der Waals surface area contributed by atoms with Crippen LogP contribution in [0.5, 0.6) is 34.5 Å². The molecule has 2 aromatic carbocycles. The maximum atomic E-state index is 13.2. The molecule has 10 nitrogen and oxygen atoms in total. The number of hydrogen-bond acceptors (Lipinski definition) is 8. The van der Waals surface area contributed by atoms with Gasteiger partial charge in [0.25, 0.3) is 11.8 Å². The lowest BCUT2D eigenvalue weighted by Gasteiger charge is -2.19. The van der Waals surface area contributed by atoms with Gasteiger partial charge in [-0.05, 0) is 62.8 Å². The normalized spacial score (nSPS) is 10.5. The monoisotopic (exact) mass is 588 g/mol. The van der Waals surface area contributed by atoms with E-state index in [2.05, 4.69) is 10.9 Å². The van der Waals surface area contributed by atoms with E-state index in [0.29, 0.717) is 74.1 Å². The van der Waals surface area contributed by atoms with Gasteiger partial charge in [0.2, 0.25) is 11.5 Å². The van der Waals surface area contributed by atoms with Gasteiger partial charge in [-0.25, -0.2) is 0 Å². The molecule has 42 heavy (non-hydrogen) atoms. The van der Waals surface area contributed by atoms with Gasteiger partial charge in [0, 0.05) is 11.1 Å². The minimum atomic E-state index is -0.541. The van der Waals surface area contributed by atoms with Gasteiger partial charge in [0.1, 0.15) is 0 Å². The molecule has 0 saturated carbocycles. The van der Waals surface area contributed by atoms with Crippen molar-refractivity contribution in [3.63, 3.8) is 0 Å². The maximum Gasteiger partial charge on any atom is 0.269 e. The van der Waals surface area contributed by atoms with E-state index in [-0.39, 0.29) is 11.1 Å². The molecule has 2 rings (SSSR count).